The van der Waals surface area contributed by atoms with E-state index in [1.807, 2.05) is 37.4 Å². The summed E-state index contributed by atoms with van der Waals surface area (Å²) in [4.78, 5) is 19.3. The zero-order valence-corrected chi connectivity index (χ0v) is 14.1. The van der Waals surface area contributed by atoms with Gasteiger partial charge in [-0.2, -0.15) is 0 Å². The molecule has 2 heterocycles. The number of carbonyl (C=O) groups excluding carboxylic acids is 1. The Hall–Kier alpha value is -1.14. The fourth-order valence-corrected chi connectivity index (χ4v) is 3.07. The van der Waals surface area contributed by atoms with Crippen molar-refractivity contribution >= 4 is 17.4 Å². The summed E-state index contributed by atoms with van der Waals surface area (Å²) >= 11 is 1.67. The number of ether oxygens (including phenoxy) is 1. The van der Waals surface area contributed by atoms with Crippen LogP contribution in [-0.2, 0) is 11.3 Å². The highest BCUT2D eigenvalue weighted by molar-refractivity contribution is 7.09. The van der Waals surface area contributed by atoms with Gasteiger partial charge in [-0.25, -0.2) is 4.79 Å². The van der Waals surface area contributed by atoms with Gasteiger partial charge in [0.1, 0.15) is 5.60 Å². The summed E-state index contributed by atoms with van der Waals surface area (Å²) in [7, 11) is 0. The van der Waals surface area contributed by atoms with Crippen molar-refractivity contribution in [2.75, 3.05) is 6.54 Å². The van der Waals surface area contributed by atoms with E-state index >= 15 is 0 Å². The molecule has 0 saturated carbocycles. The average Bonchev–Trinajstić information content (AvgIpc) is 2.87. The van der Waals surface area contributed by atoms with Gasteiger partial charge in [0.05, 0.1) is 5.51 Å². The molecule has 1 aromatic heterocycles. The van der Waals surface area contributed by atoms with Gasteiger partial charge in [-0.15, -0.1) is 11.3 Å². The first kappa shape index (κ1) is 16.2. The molecule has 0 spiro atoms. The molecule has 0 aliphatic carbocycles. The average molecular weight is 311 g/mol. The van der Waals surface area contributed by atoms with Crippen LogP contribution in [-0.4, -0.2) is 40.2 Å². The molecule has 1 amide bonds. The molecule has 0 bridgehead atoms. The first-order valence-corrected chi connectivity index (χ1v) is 8.33. The Morgan fingerprint density at radius 1 is 1.57 bits per heavy atom. The molecule has 1 N–H and O–H groups in total. The van der Waals surface area contributed by atoms with Crippen LogP contribution in [0.1, 0.15) is 45.4 Å². The van der Waals surface area contributed by atoms with Crippen LogP contribution in [0.3, 0.4) is 0 Å². The van der Waals surface area contributed by atoms with E-state index in [0.717, 1.165) is 25.9 Å². The molecule has 1 saturated heterocycles. The van der Waals surface area contributed by atoms with Crippen molar-refractivity contribution in [1.29, 1.82) is 0 Å². The van der Waals surface area contributed by atoms with E-state index in [-0.39, 0.29) is 12.1 Å². The van der Waals surface area contributed by atoms with Crippen LogP contribution in [0.5, 0.6) is 0 Å². The Balaban J connectivity index is 1.80. The summed E-state index contributed by atoms with van der Waals surface area (Å²) in [6.07, 6.45) is 3.62. The monoisotopic (exact) mass is 311 g/mol. The number of aromatic nitrogens is 1. The molecule has 1 fully saturated rings. The van der Waals surface area contributed by atoms with E-state index in [1.165, 1.54) is 4.88 Å². The van der Waals surface area contributed by atoms with Gasteiger partial charge in [0, 0.05) is 36.2 Å². The van der Waals surface area contributed by atoms with Gasteiger partial charge in [0.2, 0.25) is 0 Å². The zero-order chi connectivity index (χ0) is 15.5. The fraction of sp³-hybridized carbons (Fsp3) is 0.733. The van der Waals surface area contributed by atoms with Crippen LogP contribution >= 0.6 is 11.3 Å². The van der Waals surface area contributed by atoms with Crippen LogP contribution < -0.4 is 5.32 Å². The zero-order valence-electron chi connectivity index (χ0n) is 13.3. The Bertz CT molecular complexity index is 456. The van der Waals surface area contributed by atoms with E-state index in [9.17, 15) is 4.79 Å². The second-order valence-electron chi connectivity index (χ2n) is 6.59. The molecular weight excluding hydrogens is 286 g/mol. The van der Waals surface area contributed by atoms with E-state index < -0.39 is 5.60 Å². The number of nitrogens with one attached hydrogen (secondary N) is 1. The normalized spacial score (nSPS) is 23.1. The lowest BCUT2D eigenvalue weighted by molar-refractivity contribution is 0.00933. The Kier molecular flexibility index (Phi) is 5.22. The molecule has 0 aromatic carbocycles. The Morgan fingerprint density at radius 3 is 2.90 bits per heavy atom. The Morgan fingerprint density at radius 2 is 2.33 bits per heavy atom. The largest absolute Gasteiger partial charge is 0.444 e. The number of nitrogens with zero attached hydrogens (tertiary/aromatic N) is 2. The highest BCUT2D eigenvalue weighted by Gasteiger charge is 2.31. The highest BCUT2D eigenvalue weighted by atomic mass is 32.1. The maximum Gasteiger partial charge on any atom is 0.410 e. The quantitative estimate of drug-likeness (QED) is 0.932. The summed E-state index contributed by atoms with van der Waals surface area (Å²) in [6.45, 7) is 9.40. The van der Waals surface area contributed by atoms with Crippen molar-refractivity contribution in [3.8, 4) is 0 Å². The number of rotatable bonds is 3. The molecule has 2 rings (SSSR count). The molecule has 6 heteroatoms. The van der Waals surface area contributed by atoms with Crippen LogP contribution in [0.15, 0.2) is 11.7 Å². The first-order chi connectivity index (χ1) is 9.85. The van der Waals surface area contributed by atoms with Crippen LogP contribution in [0.2, 0.25) is 0 Å². The predicted molar refractivity (Wildman–Crippen MR) is 84.4 cm³/mol. The van der Waals surface area contributed by atoms with Gasteiger partial charge in [-0.1, -0.05) is 0 Å². The van der Waals surface area contributed by atoms with E-state index in [4.69, 9.17) is 4.74 Å². The SMILES string of the molecule is CC1CC(NCc2cncs2)CCN1C(=O)OC(C)(C)C. The summed E-state index contributed by atoms with van der Waals surface area (Å²) in [5.74, 6) is 0. The number of amides is 1. The van der Waals surface area contributed by atoms with Gasteiger partial charge in [-0.05, 0) is 40.5 Å². The minimum Gasteiger partial charge on any atom is -0.444 e. The van der Waals surface area contributed by atoms with Crippen LogP contribution in [0.4, 0.5) is 4.79 Å². The smallest absolute Gasteiger partial charge is 0.410 e. The topological polar surface area (TPSA) is 54.5 Å². The van der Waals surface area contributed by atoms with Crippen molar-refractivity contribution < 1.29 is 9.53 Å². The van der Waals surface area contributed by atoms with Gasteiger partial charge in [-0.3, -0.25) is 4.98 Å². The second kappa shape index (κ2) is 6.75. The van der Waals surface area contributed by atoms with E-state index in [1.54, 1.807) is 11.3 Å². The number of hydrogen-bond donors (Lipinski definition) is 1. The van der Waals surface area contributed by atoms with E-state index in [2.05, 4.69) is 17.2 Å². The summed E-state index contributed by atoms with van der Waals surface area (Å²) in [5.41, 5.74) is 1.42. The second-order valence-corrected chi connectivity index (χ2v) is 7.56. The van der Waals surface area contributed by atoms with Gasteiger partial charge < -0.3 is 15.0 Å². The third-order valence-electron chi connectivity index (χ3n) is 3.55. The lowest BCUT2D eigenvalue weighted by Crippen LogP contribution is -2.50. The van der Waals surface area contributed by atoms with Crippen molar-refractivity contribution in [2.45, 2.75) is 64.8 Å². The summed E-state index contributed by atoms with van der Waals surface area (Å²) < 4.78 is 5.46. The first-order valence-electron chi connectivity index (χ1n) is 7.45. The van der Waals surface area contributed by atoms with Crippen molar-refractivity contribution in [2.24, 2.45) is 0 Å². The number of piperidine rings is 1. The molecule has 2 unspecified atom stereocenters. The Labute approximate surface area is 130 Å². The lowest BCUT2D eigenvalue weighted by Gasteiger charge is -2.38. The summed E-state index contributed by atoms with van der Waals surface area (Å²) in [6, 6.07) is 0.647. The van der Waals surface area contributed by atoms with Gasteiger partial charge >= 0.3 is 6.09 Å². The minimum absolute atomic E-state index is 0.198. The number of likely N-dealkylation sites (tertiary alicyclic amines) is 1. The number of hydrogen-bond acceptors (Lipinski definition) is 5. The molecule has 5 nitrogen and oxygen atoms in total. The molecule has 21 heavy (non-hydrogen) atoms. The molecule has 1 aromatic rings. The van der Waals surface area contributed by atoms with E-state index in [0.29, 0.717) is 6.04 Å². The standard InChI is InChI=1S/C15H25N3O2S/c1-11-7-12(17-9-13-8-16-10-21-13)5-6-18(11)14(19)20-15(2,3)4/h8,10-12,17H,5-7,9H2,1-4H3. The van der Waals surface area contributed by atoms with Gasteiger partial charge in [0.25, 0.3) is 0 Å². The lowest BCUT2D eigenvalue weighted by atomic mass is 9.98. The summed E-state index contributed by atoms with van der Waals surface area (Å²) in [5, 5.41) is 3.55. The van der Waals surface area contributed by atoms with Crippen LogP contribution in [0.25, 0.3) is 0 Å². The molecular formula is C15H25N3O2S. The third kappa shape index (κ3) is 4.97. The molecule has 1 aliphatic rings. The number of thiazole rings is 1. The predicted octanol–water partition coefficient (Wildman–Crippen LogP) is 3.02. The maximum atomic E-state index is 12.2. The van der Waals surface area contributed by atoms with Crippen molar-refractivity contribution in [3.05, 3.63) is 16.6 Å². The van der Waals surface area contributed by atoms with Gasteiger partial charge in [0.15, 0.2) is 0 Å². The van der Waals surface area contributed by atoms with Crippen LogP contribution in [0, 0.1) is 0 Å². The molecule has 0 radical (unpaired) electrons. The fourth-order valence-electron chi connectivity index (χ4n) is 2.52. The van der Waals surface area contributed by atoms with Crippen molar-refractivity contribution in [1.82, 2.24) is 15.2 Å². The number of carbonyl (C=O) groups is 1. The molecule has 118 valence electrons. The third-order valence-corrected chi connectivity index (χ3v) is 4.33. The minimum atomic E-state index is -0.432. The highest BCUT2D eigenvalue weighted by Crippen LogP contribution is 2.21. The molecule has 2 atom stereocenters. The van der Waals surface area contributed by atoms with Crippen molar-refractivity contribution in [3.63, 3.8) is 0 Å². The maximum absolute atomic E-state index is 12.2. The molecule has 1 aliphatic heterocycles.